The van der Waals surface area contributed by atoms with Crippen LogP contribution in [0.15, 0.2) is 48.5 Å². The van der Waals surface area contributed by atoms with Crippen LogP contribution in [-0.4, -0.2) is 14.2 Å². The zero-order valence-corrected chi connectivity index (χ0v) is 10.4. The van der Waals surface area contributed by atoms with Crippen LogP contribution in [0, 0.1) is 0 Å². The van der Waals surface area contributed by atoms with Gasteiger partial charge in [0.1, 0.15) is 11.5 Å². The molecular formula is C14H16N2O2. The number of methoxy groups -OCH3 is 2. The van der Waals surface area contributed by atoms with Crippen LogP contribution in [0.5, 0.6) is 11.5 Å². The number of ether oxygens (including phenoxy) is 2. The molecule has 0 bridgehead atoms. The summed E-state index contributed by atoms with van der Waals surface area (Å²) >= 11 is 0. The van der Waals surface area contributed by atoms with E-state index in [1.165, 1.54) is 0 Å². The second kappa shape index (κ2) is 5.82. The van der Waals surface area contributed by atoms with Crippen LogP contribution in [0.2, 0.25) is 0 Å². The maximum atomic E-state index is 5.10. The number of hydrogen-bond acceptors (Lipinski definition) is 4. The molecule has 0 amide bonds. The second-order valence-corrected chi connectivity index (χ2v) is 3.71. The molecule has 0 saturated carbocycles. The van der Waals surface area contributed by atoms with Gasteiger partial charge in [0, 0.05) is 0 Å². The van der Waals surface area contributed by atoms with E-state index >= 15 is 0 Å². The van der Waals surface area contributed by atoms with Crippen LogP contribution in [0.25, 0.3) is 0 Å². The minimum absolute atomic E-state index is 0.838. The van der Waals surface area contributed by atoms with Gasteiger partial charge in [0.25, 0.3) is 0 Å². The number of hydrazine groups is 1. The van der Waals surface area contributed by atoms with Crippen molar-refractivity contribution in [1.82, 2.24) is 0 Å². The SMILES string of the molecule is COc1ccc(NNc2ccc(OC)cc2)cc1. The molecule has 4 heteroatoms. The minimum Gasteiger partial charge on any atom is -0.497 e. The Labute approximate surface area is 107 Å². The standard InChI is InChI=1S/C14H16N2O2/c1-17-13-7-3-11(4-8-13)15-16-12-5-9-14(18-2)10-6-12/h3-10,15-16H,1-2H3. The second-order valence-electron chi connectivity index (χ2n) is 3.71. The number of anilines is 2. The lowest BCUT2D eigenvalue weighted by Gasteiger charge is -2.10. The molecule has 0 atom stereocenters. The molecule has 2 aromatic rings. The summed E-state index contributed by atoms with van der Waals surface area (Å²) in [6.07, 6.45) is 0. The average Bonchev–Trinajstić information content (AvgIpc) is 2.46. The minimum atomic E-state index is 0.838. The van der Waals surface area contributed by atoms with Gasteiger partial charge in [-0.2, -0.15) is 0 Å². The Morgan fingerprint density at radius 3 is 1.22 bits per heavy atom. The normalized spacial score (nSPS) is 9.67. The van der Waals surface area contributed by atoms with E-state index in [-0.39, 0.29) is 0 Å². The molecule has 0 radical (unpaired) electrons. The van der Waals surface area contributed by atoms with Gasteiger partial charge in [-0.3, -0.25) is 0 Å². The smallest absolute Gasteiger partial charge is 0.119 e. The topological polar surface area (TPSA) is 42.5 Å². The van der Waals surface area contributed by atoms with Gasteiger partial charge in [-0.1, -0.05) is 0 Å². The summed E-state index contributed by atoms with van der Waals surface area (Å²) in [5.74, 6) is 1.68. The quantitative estimate of drug-likeness (QED) is 0.793. The molecule has 0 saturated heterocycles. The van der Waals surface area contributed by atoms with Crippen molar-refractivity contribution < 1.29 is 9.47 Å². The van der Waals surface area contributed by atoms with Gasteiger partial charge in [0.05, 0.1) is 25.6 Å². The van der Waals surface area contributed by atoms with Crippen LogP contribution >= 0.6 is 0 Å². The molecule has 0 heterocycles. The zero-order chi connectivity index (χ0) is 12.8. The first-order chi connectivity index (χ1) is 8.81. The first-order valence-electron chi connectivity index (χ1n) is 5.62. The van der Waals surface area contributed by atoms with E-state index in [0.29, 0.717) is 0 Å². The van der Waals surface area contributed by atoms with E-state index in [1.54, 1.807) is 14.2 Å². The third kappa shape index (κ3) is 3.07. The summed E-state index contributed by atoms with van der Waals surface area (Å²) < 4.78 is 10.2. The summed E-state index contributed by atoms with van der Waals surface area (Å²) in [5.41, 5.74) is 8.14. The van der Waals surface area contributed by atoms with Crippen molar-refractivity contribution >= 4 is 11.4 Å². The lowest BCUT2D eigenvalue weighted by Crippen LogP contribution is -2.08. The van der Waals surface area contributed by atoms with Gasteiger partial charge in [-0.05, 0) is 48.5 Å². The lowest BCUT2D eigenvalue weighted by molar-refractivity contribution is 0.414. The first-order valence-corrected chi connectivity index (χ1v) is 5.62. The largest absolute Gasteiger partial charge is 0.497 e. The predicted octanol–water partition coefficient (Wildman–Crippen LogP) is 3.14. The molecule has 0 aliphatic carbocycles. The van der Waals surface area contributed by atoms with E-state index < -0.39 is 0 Å². The van der Waals surface area contributed by atoms with Gasteiger partial charge in [-0.15, -0.1) is 0 Å². The van der Waals surface area contributed by atoms with E-state index in [9.17, 15) is 0 Å². The van der Waals surface area contributed by atoms with Gasteiger partial charge in [0.2, 0.25) is 0 Å². The Balaban J connectivity index is 1.93. The number of nitrogens with one attached hydrogen (secondary N) is 2. The highest BCUT2D eigenvalue weighted by atomic mass is 16.5. The maximum absolute atomic E-state index is 5.10. The summed E-state index contributed by atoms with van der Waals surface area (Å²) in [4.78, 5) is 0. The van der Waals surface area contributed by atoms with Crippen molar-refractivity contribution in [3.63, 3.8) is 0 Å². The Morgan fingerprint density at radius 1 is 0.611 bits per heavy atom. The summed E-state index contributed by atoms with van der Waals surface area (Å²) in [6.45, 7) is 0. The summed E-state index contributed by atoms with van der Waals surface area (Å²) in [5, 5.41) is 0. The molecule has 0 aliphatic heterocycles. The number of hydrogen-bond donors (Lipinski definition) is 2. The molecule has 0 spiro atoms. The van der Waals surface area contributed by atoms with E-state index in [0.717, 1.165) is 22.9 Å². The first kappa shape index (κ1) is 12.1. The Hall–Kier alpha value is -2.36. The van der Waals surface area contributed by atoms with Crippen molar-refractivity contribution in [1.29, 1.82) is 0 Å². The van der Waals surface area contributed by atoms with E-state index in [4.69, 9.17) is 9.47 Å². The molecule has 0 aliphatic rings. The van der Waals surface area contributed by atoms with Crippen molar-refractivity contribution in [2.45, 2.75) is 0 Å². The zero-order valence-electron chi connectivity index (χ0n) is 10.4. The van der Waals surface area contributed by atoms with Crippen LogP contribution < -0.4 is 20.3 Å². The van der Waals surface area contributed by atoms with Crippen LogP contribution in [0.3, 0.4) is 0 Å². The van der Waals surface area contributed by atoms with Gasteiger partial charge in [0.15, 0.2) is 0 Å². The van der Waals surface area contributed by atoms with Gasteiger partial charge < -0.3 is 20.3 Å². The molecule has 2 N–H and O–H groups in total. The molecule has 0 unspecified atom stereocenters. The van der Waals surface area contributed by atoms with Crippen molar-refractivity contribution in [2.75, 3.05) is 25.1 Å². The van der Waals surface area contributed by atoms with Crippen molar-refractivity contribution in [3.8, 4) is 11.5 Å². The van der Waals surface area contributed by atoms with Crippen molar-refractivity contribution in [2.24, 2.45) is 0 Å². The van der Waals surface area contributed by atoms with Crippen LogP contribution in [0.1, 0.15) is 0 Å². The Morgan fingerprint density at radius 2 is 0.944 bits per heavy atom. The number of rotatable bonds is 5. The average molecular weight is 244 g/mol. The lowest BCUT2D eigenvalue weighted by atomic mass is 10.3. The fourth-order valence-corrected chi connectivity index (χ4v) is 1.49. The summed E-state index contributed by atoms with van der Waals surface area (Å²) in [7, 11) is 3.30. The maximum Gasteiger partial charge on any atom is 0.119 e. The third-order valence-corrected chi connectivity index (χ3v) is 2.53. The highest BCUT2D eigenvalue weighted by molar-refractivity contribution is 5.54. The van der Waals surface area contributed by atoms with Crippen LogP contribution in [-0.2, 0) is 0 Å². The molecule has 2 rings (SSSR count). The molecule has 4 nitrogen and oxygen atoms in total. The molecule has 18 heavy (non-hydrogen) atoms. The summed E-state index contributed by atoms with van der Waals surface area (Å²) in [6, 6.07) is 15.4. The molecular weight excluding hydrogens is 228 g/mol. The third-order valence-electron chi connectivity index (χ3n) is 2.53. The van der Waals surface area contributed by atoms with E-state index in [2.05, 4.69) is 10.9 Å². The van der Waals surface area contributed by atoms with Gasteiger partial charge in [-0.25, -0.2) is 0 Å². The van der Waals surface area contributed by atoms with Gasteiger partial charge >= 0.3 is 0 Å². The number of benzene rings is 2. The Bertz CT molecular complexity index is 433. The predicted molar refractivity (Wildman–Crippen MR) is 73.2 cm³/mol. The fourth-order valence-electron chi connectivity index (χ4n) is 1.49. The Kier molecular flexibility index (Phi) is 3.91. The molecule has 94 valence electrons. The molecule has 0 fully saturated rings. The highest BCUT2D eigenvalue weighted by Gasteiger charge is 1.95. The fraction of sp³-hybridized carbons (Fsp3) is 0.143. The van der Waals surface area contributed by atoms with Crippen LogP contribution in [0.4, 0.5) is 11.4 Å². The van der Waals surface area contributed by atoms with Crippen molar-refractivity contribution in [3.05, 3.63) is 48.5 Å². The van der Waals surface area contributed by atoms with E-state index in [1.807, 2.05) is 48.5 Å². The molecule has 0 aromatic heterocycles. The monoisotopic (exact) mass is 244 g/mol. The molecule has 2 aromatic carbocycles. The highest BCUT2D eigenvalue weighted by Crippen LogP contribution is 2.17.